The predicted octanol–water partition coefficient (Wildman–Crippen LogP) is -0.728. The molecule has 1 heterocycles. The molecule has 0 aliphatic carbocycles. The van der Waals surface area contributed by atoms with E-state index in [9.17, 15) is 36.2 Å². The van der Waals surface area contributed by atoms with Crippen molar-refractivity contribution in [1.82, 2.24) is 0 Å². The first-order valence-electron chi connectivity index (χ1n) is 12.3. The van der Waals surface area contributed by atoms with E-state index in [-0.39, 0.29) is 136 Å². The van der Waals surface area contributed by atoms with Gasteiger partial charge in [-0.05, 0) is 33.7 Å². The minimum Gasteiger partial charge on any atom is -0.872 e. The van der Waals surface area contributed by atoms with Crippen LogP contribution in [0.5, 0.6) is 23.0 Å². The zero-order chi connectivity index (χ0) is 30.4. The average molecular weight is 685 g/mol. The SMILES string of the molecule is O=S(=O)(O)Oc1c2ccccc2c(OS(=O)(=O)O)c2c3c(c(Cl)cc12)Nc1c(ccc2c([O-])c4ccccc4c([O-])c12)N3.[Na+].[Na+]. The molecule has 0 spiro atoms. The van der Waals surface area contributed by atoms with E-state index in [2.05, 4.69) is 10.6 Å². The van der Waals surface area contributed by atoms with Gasteiger partial charge in [-0.15, -0.1) is 0 Å². The number of rotatable bonds is 4. The molecule has 6 aromatic rings. The van der Waals surface area contributed by atoms with Gasteiger partial charge in [0.15, 0.2) is 11.5 Å². The second kappa shape index (κ2) is 11.8. The molecule has 0 bridgehead atoms. The van der Waals surface area contributed by atoms with Crippen LogP contribution in [0.2, 0.25) is 5.02 Å². The first-order valence-corrected chi connectivity index (χ1v) is 15.4. The van der Waals surface area contributed by atoms with Crippen LogP contribution in [-0.2, 0) is 20.8 Å². The summed E-state index contributed by atoms with van der Waals surface area (Å²) in [6.45, 7) is 0. The maximum Gasteiger partial charge on any atom is 1.00 e. The van der Waals surface area contributed by atoms with Gasteiger partial charge in [0.25, 0.3) is 0 Å². The Morgan fingerprint density at radius 3 is 1.73 bits per heavy atom. The van der Waals surface area contributed by atoms with Crippen LogP contribution in [0.3, 0.4) is 0 Å². The second-order valence-corrected chi connectivity index (χ2v) is 12.1. The van der Waals surface area contributed by atoms with Crippen molar-refractivity contribution in [3.8, 4) is 23.0 Å². The fourth-order valence-corrected chi connectivity index (χ4v) is 6.56. The zero-order valence-electron chi connectivity index (χ0n) is 23.2. The molecule has 0 fully saturated rings. The number of nitrogens with one attached hydrogen (secondary N) is 2. The largest absolute Gasteiger partial charge is 1.00 e. The van der Waals surface area contributed by atoms with Crippen molar-refractivity contribution in [2.45, 2.75) is 0 Å². The first kappa shape index (κ1) is 33.6. The monoisotopic (exact) mass is 684 g/mol. The summed E-state index contributed by atoms with van der Waals surface area (Å²) in [6, 6.07) is 16.4. The number of fused-ring (bicyclic) bond motifs is 8. The fourth-order valence-electron chi connectivity index (χ4n) is 5.54. The van der Waals surface area contributed by atoms with E-state index in [0.717, 1.165) is 0 Å². The summed E-state index contributed by atoms with van der Waals surface area (Å²) in [5, 5.41) is 33.5. The maximum absolute atomic E-state index is 13.6. The summed E-state index contributed by atoms with van der Waals surface area (Å²) in [6.07, 6.45) is 0. The van der Waals surface area contributed by atoms with Gasteiger partial charge >= 0.3 is 79.9 Å². The minimum atomic E-state index is -5.13. The van der Waals surface area contributed by atoms with Crippen LogP contribution in [0.4, 0.5) is 22.7 Å². The van der Waals surface area contributed by atoms with Crippen molar-refractivity contribution in [2.75, 3.05) is 10.6 Å². The van der Waals surface area contributed by atoms with Gasteiger partial charge in [-0.3, -0.25) is 9.11 Å². The standard InChI is InChI=1S/C28H17ClN2O10S2.2Na/c29-18-11-17-21(28(41-43(37,38)39)15-8-4-3-7-14(15)27(17)40-42(34,35)36)24-22(18)31-23-19(30-24)10-9-16-20(23)26(33)13-6-2-1-5-12(13)25(16)32;;/h1-11,30-33H,(H,34,35,36)(H,37,38,39);;/q;2*+1/p-2. The Labute approximate surface area is 304 Å². The molecule has 218 valence electrons. The van der Waals surface area contributed by atoms with Gasteiger partial charge in [-0.2, -0.15) is 16.8 Å². The van der Waals surface area contributed by atoms with Crippen LogP contribution in [-0.4, -0.2) is 25.9 Å². The number of hydrogen-bond acceptors (Lipinski definition) is 10. The van der Waals surface area contributed by atoms with Gasteiger partial charge in [0, 0.05) is 16.2 Å². The molecule has 7 rings (SSSR count). The molecule has 0 unspecified atom stereocenters. The molecule has 4 N–H and O–H groups in total. The summed E-state index contributed by atoms with van der Waals surface area (Å²) in [5.41, 5.74) is 0.641. The number of halogens is 1. The van der Waals surface area contributed by atoms with Crippen molar-refractivity contribution in [3.05, 3.63) is 71.8 Å². The number of anilines is 4. The van der Waals surface area contributed by atoms with E-state index in [1.165, 1.54) is 42.5 Å². The number of benzene rings is 6. The fraction of sp³-hybridized carbons (Fsp3) is 0. The smallest absolute Gasteiger partial charge is 0.872 e. The zero-order valence-corrected chi connectivity index (χ0v) is 29.6. The molecular weight excluding hydrogens is 670 g/mol. The molecule has 0 amide bonds. The molecule has 1 aliphatic heterocycles. The van der Waals surface area contributed by atoms with Gasteiger partial charge in [0.05, 0.1) is 33.2 Å². The van der Waals surface area contributed by atoms with Crippen LogP contribution in [0.15, 0.2) is 66.7 Å². The normalized spacial score (nSPS) is 12.4. The third-order valence-electron chi connectivity index (χ3n) is 7.15. The summed E-state index contributed by atoms with van der Waals surface area (Å²) >= 11 is 6.67. The third kappa shape index (κ3) is 5.64. The Hall–Kier alpha value is -2.73. The Morgan fingerprint density at radius 1 is 0.600 bits per heavy atom. The quantitative estimate of drug-likeness (QED) is 0.103. The molecule has 0 saturated carbocycles. The van der Waals surface area contributed by atoms with E-state index in [4.69, 9.17) is 20.0 Å². The van der Waals surface area contributed by atoms with Gasteiger partial charge in [0.2, 0.25) is 0 Å². The predicted molar refractivity (Wildman–Crippen MR) is 158 cm³/mol. The molecule has 1 aliphatic rings. The van der Waals surface area contributed by atoms with Gasteiger partial charge in [-0.1, -0.05) is 77.7 Å². The Bertz CT molecular complexity index is 2460. The van der Waals surface area contributed by atoms with E-state index in [0.29, 0.717) is 0 Å². The van der Waals surface area contributed by atoms with E-state index >= 15 is 0 Å². The Kier molecular flexibility index (Phi) is 8.83. The van der Waals surface area contributed by atoms with Gasteiger partial charge in [-0.25, -0.2) is 0 Å². The van der Waals surface area contributed by atoms with E-state index < -0.39 is 38.0 Å². The van der Waals surface area contributed by atoms with Gasteiger partial charge < -0.3 is 29.2 Å². The van der Waals surface area contributed by atoms with Crippen LogP contribution in [0.25, 0.3) is 43.1 Å². The Balaban J connectivity index is 0.00000200. The molecule has 45 heavy (non-hydrogen) atoms. The van der Waals surface area contributed by atoms with Crippen LogP contribution < -0.4 is 88.3 Å². The van der Waals surface area contributed by atoms with E-state index in [1.54, 1.807) is 24.3 Å². The van der Waals surface area contributed by atoms with Crippen molar-refractivity contribution in [1.29, 1.82) is 0 Å². The maximum atomic E-state index is 13.6. The van der Waals surface area contributed by atoms with Crippen molar-refractivity contribution < 1.29 is 104 Å². The Morgan fingerprint density at radius 2 is 1.13 bits per heavy atom. The van der Waals surface area contributed by atoms with Crippen molar-refractivity contribution >= 4 is 98.2 Å². The topological polar surface area (TPSA) is 197 Å². The summed E-state index contributed by atoms with van der Waals surface area (Å²) in [5.74, 6) is -1.59. The molecule has 0 radical (unpaired) electrons. The molecule has 12 nitrogen and oxygen atoms in total. The molecule has 0 saturated heterocycles. The molecular formula is C28H15ClN2Na2O10S2. The van der Waals surface area contributed by atoms with Crippen LogP contribution in [0.1, 0.15) is 0 Å². The van der Waals surface area contributed by atoms with Crippen molar-refractivity contribution in [2.24, 2.45) is 0 Å². The summed E-state index contributed by atoms with van der Waals surface area (Å²) < 4.78 is 76.9. The van der Waals surface area contributed by atoms with Crippen molar-refractivity contribution in [3.63, 3.8) is 0 Å². The summed E-state index contributed by atoms with van der Waals surface area (Å²) in [7, 11) is -10.2. The summed E-state index contributed by atoms with van der Waals surface area (Å²) in [4.78, 5) is 0. The van der Waals surface area contributed by atoms with E-state index in [1.807, 2.05) is 0 Å². The van der Waals surface area contributed by atoms with Gasteiger partial charge in [0.1, 0.15) is 0 Å². The molecule has 0 atom stereocenters. The third-order valence-corrected chi connectivity index (χ3v) is 8.20. The molecule has 6 aromatic carbocycles. The number of hydrogen-bond donors (Lipinski definition) is 4. The minimum absolute atomic E-state index is 0. The molecule has 0 aromatic heterocycles. The molecule has 17 heteroatoms. The van der Waals surface area contributed by atoms with Crippen LogP contribution in [0, 0.1) is 0 Å². The average Bonchev–Trinajstić information content (AvgIpc) is 2.95. The van der Waals surface area contributed by atoms with Crippen LogP contribution >= 0.6 is 11.6 Å². The first-order chi connectivity index (χ1) is 20.3. The second-order valence-electron chi connectivity index (χ2n) is 9.62.